The molecule has 0 aliphatic heterocycles. The summed E-state index contributed by atoms with van der Waals surface area (Å²) >= 11 is 0. The van der Waals surface area contributed by atoms with Gasteiger partial charge in [-0.15, -0.1) is 0 Å². The van der Waals surface area contributed by atoms with Gasteiger partial charge in [-0.05, 0) is 6.42 Å². The Balaban J connectivity index is 3.06. The lowest BCUT2D eigenvalue weighted by molar-refractivity contribution is -0.386. The molecule has 22 heavy (non-hydrogen) atoms. The molecule has 122 valence electrons. The van der Waals surface area contributed by atoms with E-state index in [-0.39, 0.29) is 29.5 Å². The van der Waals surface area contributed by atoms with Gasteiger partial charge in [0, 0.05) is 12.1 Å². The maximum absolute atomic E-state index is 11.2. The van der Waals surface area contributed by atoms with Crippen LogP contribution in [0.15, 0.2) is 12.1 Å². The van der Waals surface area contributed by atoms with Crippen molar-refractivity contribution in [2.75, 3.05) is 27.4 Å². The van der Waals surface area contributed by atoms with Gasteiger partial charge in [0.1, 0.15) is 5.75 Å². The van der Waals surface area contributed by atoms with Gasteiger partial charge in [-0.3, -0.25) is 10.1 Å². The highest BCUT2D eigenvalue weighted by Gasteiger charge is 2.24. The fourth-order valence-corrected chi connectivity index (χ4v) is 1.61. The van der Waals surface area contributed by atoms with Gasteiger partial charge >= 0.3 is 11.7 Å². The van der Waals surface area contributed by atoms with Crippen LogP contribution in [-0.4, -0.2) is 38.3 Å². The highest BCUT2D eigenvalue weighted by molar-refractivity contribution is 5.71. The average molecular weight is 313 g/mol. The minimum atomic E-state index is -0.579. The maximum Gasteiger partial charge on any atom is 0.352 e. The van der Waals surface area contributed by atoms with Crippen LogP contribution in [0.3, 0.4) is 0 Å². The van der Waals surface area contributed by atoms with Crippen molar-refractivity contribution in [3.05, 3.63) is 22.2 Å². The highest BCUT2D eigenvalue weighted by Crippen LogP contribution is 2.40. The molecule has 0 fully saturated rings. The summed E-state index contributed by atoms with van der Waals surface area (Å²) < 4.78 is 20.1. The smallest absolute Gasteiger partial charge is 0.352 e. The molecule has 0 aromatic heterocycles. The topological polar surface area (TPSA) is 97.1 Å². The zero-order valence-corrected chi connectivity index (χ0v) is 12.8. The Labute approximate surface area is 128 Å². The zero-order chi connectivity index (χ0) is 16.5. The van der Waals surface area contributed by atoms with Crippen LogP contribution in [-0.2, 0) is 9.53 Å². The molecule has 1 rings (SSSR count). The predicted molar refractivity (Wildman–Crippen MR) is 77.6 cm³/mol. The van der Waals surface area contributed by atoms with Crippen LogP contribution in [0, 0.1) is 10.1 Å². The molecule has 0 spiro atoms. The minimum absolute atomic E-state index is 0.00105. The van der Waals surface area contributed by atoms with Crippen molar-refractivity contribution in [3.63, 3.8) is 0 Å². The normalized spacial score (nSPS) is 9.95. The van der Waals surface area contributed by atoms with Crippen LogP contribution < -0.4 is 14.2 Å². The number of nitrogens with zero attached hydrogens (tertiary/aromatic N) is 1. The summed E-state index contributed by atoms with van der Waals surface area (Å²) in [7, 11) is 2.55. The molecular weight excluding hydrogens is 294 g/mol. The Kier molecular flexibility index (Phi) is 6.94. The van der Waals surface area contributed by atoms with E-state index in [4.69, 9.17) is 14.2 Å². The SMILES string of the molecule is CCCCOc1cc(OCC(=O)OC)cc(OC)c1[N+](=O)[O-]. The number of carbonyl (C=O) groups is 1. The van der Waals surface area contributed by atoms with E-state index in [2.05, 4.69) is 4.74 Å². The molecule has 8 nitrogen and oxygen atoms in total. The molecule has 1 aromatic carbocycles. The first-order valence-electron chi connectivity index (χ1n) is 6.72. The minimum Gasteiger partial charge on any atom is -0.490 e. The third kappa shape index (κ3) is 4.80. The van der Waals surface area contributed by atoms with Gasteiger partial charge < -0.3 is 18.9 Å². The molecule has 0 radical (unpaired) electrons. The van der Waals surface area contributed by atoms with Crippen LogP contribution in [0.5, 0.6) is 17.2 Å². The Morgan fingerprint density at radius 3 is 2.45 bits per heavy atom. The monoisotopic (exact) mass is 313 g/mol. The quantitative estimate of drug-likeness (QED) is 0.299. The zero-order valence-electron chi connectivity index (χ0n) is 12.8. The number of esters is 1. The van der Waals surface area contributed by atoms with E-state index in [0.717, 1.165) is 12.8 Å². The second-order valence-corrected chi connectivity index (χ2v) is 4.30. The molecule has 0 unspecified atom stereocenters. The third-order valence-corrected chi connectivity index (χ3v) is 2.76. The second-order valence-electron chi connectivity index (χ2n) is 4.30. The average Bonchev–Trinajstić information content (AvgIpc) is 2.51. The van der Waals surface area contributed by atoms with E-state index < -0.39 is 10.9 Å². The number of ether oxygens (including phenoxy) is 4. The number of benzene rings is 1. The first-order chi connectivity index (χ1) is 10.5. The van der Waals surface area contributed by atoms with Crippen LogP contribution in [0.2, 0.25) is 0 Å². The summed E-state index contributed by atoms with van der Waals surface area (Å²) in [5.41, 5.74) is -0.274. The van der Waals surface area contributed by atoms with Crippen molar-refractivity contribution in [1.29, 1.82) is 0 Å². The molecule has 0 saturated heterocycles. The van der Waals surface area contributed by atoms with Gasteiger partial charge in [-0.1, -0.05) is 13.3 Å². The highest BCUT2D eigenvalue weighted by atomic mass is 16.6. The molecule has 0 bridgehead atoms. The molecule has 0 atom stereocenters. The first kappa shape index (κ1) is 17.5. The number of nitro groups is 1. The number of nitro benzene ring substituents is 1. The Morgan fingerprint density at radius 2 is 1.91 bits per heavy atom. The van der Waals surface area contributed by atoms with Gasteiger partial charge in [0.05, 0.1) is 25.7 Å². The molecule has 0 amide bonds. The molecule has 0 saturated carbocycles. The molecule has 1 aromatic rings. The molecule has 0 aliphatic rings. The predicted octanol–water partition coefficient (Wildman–Crippen LogP) is 2.33. The Bertz CT molecular complexity index is 530. The lowest BCUT2D eigenvalue weighted by Crippen LogP contribution is -2.13. The van der Waals surface area contributed by atoms with Gasteiger partial charge in [-0.25, -0.2) is 4.79 Å². The van der Waals surface area contributed by atoms with Crippen LogP contribution in [0.1, 0.15) is 19.8 Å². The summed E-state index contributed by atoms with van der Waals surface area (Å²) in [5, 5.41) is 11.2. The maximum atomic E-state index is 11.2. The number of unbranched alkanes of at least 4 members (excludes halogenated alkanes) is 1. The van der Waals surface area contributed by atoms with Gasteiger partial charge in [-0.2, -0.15) is 0 Å². The Morgan fingerprint density at radius 1 is 1.23 bits per heavy atom. The fraction of sp³-hybridized carbons (Fsp3) is 0.500. The van der Waals surface area contributed by atoms with Crippen LogP contribution in [0.4, 0.5) is 5.69 Å². The van der Waals surface area contributed by atoms with E-state index in [1.807, 2.05) is 6.92 Å². The van der Waals surface area contributed by atoms with Crippen molar-refractivity contribution < 1.29 is 28.7 Å². The van der Waals surface area contributed by atoms with Gasteiger partial charge in [0.25, 0.3) is 0 Å². The lowest BCUT2D eigenvalue weighted by Gasteiger charge is -2.12. The largest absolute Gasteiger partial charge is 0.490 e. The number of carbonyl (C=O) groups excluding carboxylic acids is 1. The molecule has 0 N–H and O–H groups in total. The van der Waals surface area contributed by atoms with Crippen LogP contribution in [0.25, 0.3) is 0 Å². The van der Waals surface area contributed by atoms with E-state index in [1.165, 1.54) is 26.4 Å². The second kappa shape index (κ2) is 8.71. The molecule has 0 heterocycles. The van der Waals surface area contributed by atoms with E-state index in [1.54, 1.807) is 0 Å². The fourth-order valence-electron chi connectivity index (χ4n) is 1.61. The number of hydrogen-bond acceptors (Lipinski definition) is 7. The molecule has 8 heteroatoms. The molecule has 0 aliphatic carbocycles. The summed E-state index contributed by atoms with van der Waals surface area (Å²) in [4.78, 5) is 21.7. The summed E-state index contributed by atoms with van der Waals surface area (Å²) in [6, 6.07) is 2.69. The van der Waals surface area contributed by atoms with Gasteiger partial charge in [0.2, 0.25) is 11.5 Å². The van der Waals surface area contributed by atoms with Gasteiger partial charge in [0.15, 0.2) is 6.61 Å². The van der Waals surface area contributed by atoms with E-state index >= 15 is 0 Å². The van der Waals surface area contributed by atoms with E-state index in [9.17, 15) is 14.9 Å². The summed E-state index contributed by atoms with van der Waals surface area (Å²) in [5.74, 6) is -0.304. The van der Waals surface area contributed by atoms with Crippen molar-refractivity contribution in [1.82, 2.24) is 0 Å². The van der Waals surface area contributed by atoms with E-state index in [0.29, 0.717) is 6.61 Å². The van der Waals surface area contributed by atoms with Crippen molar-refractivity contribution >= 4 is 11.7 Å². The summed E-state index contributed by atoms with van der Waals surface area (Å²) in [6.45, 7) is 2.00. The standard InChI is InChI=1S/C14H19NO7/c1-4-5-6-21-12-8-10(22-9-13(16)20-3)7-11(19-2)14(12)15(17)18/h7-8H,4-6,9H2,1-3H3. The first-order valence-corrected chi connectivity index (χ1v) is 6.72. The number of hydrogen-bond donors (Lipinski definition) is 0. The van der Waals surface area contributed by atoms with Crippen molar-refractivity contribution in [2.45, 2.75) is 19.8 Å². The number of rotatable bonds is 9. The molecular formula is C14H19NO7. The third-order valence-electron chi connectivity index (χ3n) is 2.76. The van der Waals surface area contributed by atoms with Crippen LogP contribution >= 0.6 is 0 Å². The number of methoxy groups -OCH3 is 2. The Hall–Kier alpha value is -2.51. The lowest BCUT2D eigenvalue weighted by atomic mass is 10.2. The van der Waals surface area contributed by atoms with Crippen molar-refractivity contribution in [2.24, 2.45) is 0 Å². The van der Waals surface area contributed by atoms with Crippen molar-refractivity contribution in [3.8, 4) is 17.2 Å². The summed E-state index contributed by atoms with van der Waals surface area (Å²) in [6.07, 6.45) is 1.65.